The van der Waals surface area contributed by atoms with Gasteiger partial charge in [0, 0.05) is 19.2 Å². The standard InChI is InChI=1S/C12H22N2O4S/c1-3-4-9-7-11(15)14(8-9)10(12(13)16)5-6-19(2,17)18/h9-10H,3-8H2,1-2H3,(H2,13,16). The van der Waals surface area contributed by atoms with Gasteiger partial charge in [0.1, 0.15) is 15.9 Å². The number of carbonyl (C=O) groups is 2. The van der Waals surface area contributed by atoms with Crippen LogP contribution in [0.3, 0.4) is 0 Å². The number of sulfone groups is 1. The molecule has 0 bridgehead atoms. The summed E-state index contributed by atoms with van der Waals surface area (Å²) in [5.74, 6) is -0.620. The highest BCUT2D eigenvalue weighted by Crippen LogP contribution is 2.25. The van der Waals surface area contributed by atoms with E-state index in [9.17, 15) is 18.0 Å². The molecule has 0 aliphatic carbocycles. The first-order valence-corrected chi connectivity index (χ1v) is 8.57. The highest BCUT2D eigenvalue weighted by Gasteiger charge is 2.36. The van der Waals surface area contributed by atoms with Crippen molar-refractivity contribution in [3.05, 3.63) is 0 Å². The molecule has 1 heterocycles. The van der Waals surface area contributed by atoms with Crippen LogP contribution >= 0.6 is 0 Å². The Morgan fingerprint density at radius 2 is 2.16 bits per heavy atom. The van der Waals surface area contributed by atoms with Gasteiger partial charge in [-0.15, -0.1) is 0 Å². The lowest BCUT2D eigenvalue weighted by molar-refractivity contribution is -0.136. The summed E-state index contributed by atoms with van der Waals surface area (Å²) in [6.07, 6.45) is 3.53. The number of carbonyl (C=O) groups excluding carboxylic acids is 2. The van der Waals surface area contributed by atoms with Crippen molar-refractivity contribution in [1.29, 1.82) is 0 Å². The normalized spacial score (nSPS) is 21.7. The minimum Gasteiger partial charge on any atom is -0.368 e. The fourth-order valence-electron chi connectivity index (χ4n) is 2.49. The first-order chi connectivity index (χ1) is 8.74. The van der Waals surface area contributed by atoms with Crippen molar-refractivity contribution in [2.45, 2.75) is 38.6 Å². The van der Waals surface area contributed by atoms with Gasteiger partial charge in [-0.3, -0.25) is 9.59 Å². The fourth-order valence-corrected chi connectivity index (χ4v) is 3.14. The molecule has 1 aliphatic rings. The van der Waals surface area contributed by atoms with E-state index >= 15 is 0 Å². The molecule has 2 amide bonds. The lowest BCUT2D eigenvalue weighted by Crippen LogP contribution is -2.46. The zero-order chi connectivity index (χ0) is 14.6. The Morgan fingerprint density at radius 1 is 1.53 bits per heavy atom. The van der Waals surface area contributed by atoms with Crippen LogP contribution in [0.25, 0.3) is 0 Å². The number of likely N-dealkylation sites (tertiary alicyclic amines) is 1. The summed E-state index contributed by atoms with van der Waals surface area (Å²) in [5.41, 5.74) is 5.30. The van der Waals surface area contributed by atoms with Crippen molar-refractivity contribution in [3.63, 3.8) is 0 Å². The van der Waals surface area contributed by atoms with E-state index in [-0.39, 0.29) is 24.0 Å². The van der Waals surface area contributed by atoms with Gasteiger partial charge in [-0.1, -0.05) is 13.3 Å². The SMILES string of the molecule is CCCC1CC(=O)N(C(CCS(C)(=O)=O)C(N)=O)C1. The minimum atomic E-state index is -3.17. The molecule has 6 nitrogen and oxygen atoms in total. The zero-order valence-electron chi connectivity index (χ0n) is 11.5. The molecule has 0 aromatic heterocycles. The van der Waals surface area contributed by atoms with Gasteiger partial charge in [0.2, 0.25) is 11.8 Å². The van der Waals surface area contributed by atoms with E-state index in [1.807, 2.05) is 6.92 Å². The highest BCUT2D eigenvalue weighted by atomic mass is 32.2. The Kier molecular flexibility index (Phi) is 5.34. The topological polar surface area (TPSA) is 97.5 Å². The van der Waals surface area contributed by atoms with E-state index in [2.05, 4.69) is 0 Å². The first kappa shape index (κ1) is 15.9. The van der Waals surface area contributed by atoms with Crippen molar-refractivity contribution in [3.8, 4) is 0 Å². The molecule has 1 fully saturated rings. The summed E-state index contributed by atoms with van der Waals surface area (Å²) < 4.78 is 22.3. The van der Waals surface area contributed by atoms with Crippen LogP contribution in [0.4, 0.5) is 0 Å². The maximum Gasteiger partial charge on any atom is 0.240 e. The molecule has 0 spiro atoms. The highest BCUT2D eigenvalue weighted by molar-refractivity contribution is 7.90. The predicted molar refractivity (Wildman–Crippen MR) is 72.0 cm³/mol. The van der Waals surface area contributed by atoms with Crippen LogP contribution in [0, 0.1) is 5.92 Å². The summed E-state index contributed by atoms with van der Waals surface area (Å²) in [7, 11) is -3.17. The van der Waals surface area contributed by atoms with Crippen LogP contribution in [0.15, 0.2) is 0 Å². The van der Waals surface area contributed by atoms with E-state index in [1.54, 1.807) is 0 Å². The first-order valence-electron chi connectivity index (χ1n) is 6.51. The monoisotopic (exact) mass is 290 g/mol. The molecule has 1 aliphatic heterocycles. The largest absolute Gasteiger partial charge is 0.368 e. The van der Waals surface area contributed by atoms with Gasteiger partial charge in [-0.2, -0.15) is 0 Å². The van der Waals surface area contributed by atoms with Crippen LogP contribution in [0.2, 0.25) is 0 Å². The van der Waals surface area contributed by atoms with Crippen LogP contribution in [-0.4, -0.2) is 49.7 Å². The molecule has 0 saturated carbocycles. The van der Waals surface area contributed by atoms with E-state index < -0.39 is 21.8 Å². The van der Waals surface area contributed by atoms with Crippen LogP contribution in [0.5, 0.6) is 0 Å². The van der Waals surface area contributed by atoms with Crippen molar-refractivity contribution >= 4 is 21.7 Å². The Bertz CT molecular complexity index is 447. The molecule has 0 aromatic carbocycles. The average molecular weight is 290 g/mol. The van der Waals surface area contributed by atoms with E-state index in [0.29, 0.717) is 13.0 Å². The van der Waals surface area contributed by atoms with Crippen LogP contribution < -0.4 is 5.73 Å². The fraction of sp³-hybridized carbons (Fsp3) is 0.833. The number of hydrogen-bond donors (Lipinski definition) is 1. The molecule has 2 unspecified atom stereocenters. The molecule has 1 rings (SSSR count). The van der Waals surface area contributed by atoms with Crippen LogP contribution in [-0.2, 0) is 19.4 Å². The quantitative estimate of drug-likeness (QED) is 0.709. The maximum atomic E-state index is 11.9. The molecule has 2 N–H and O–H groups in total. The van der Waals surface area contributed by atoms with Crippen molar-refractivity contribution in [1.82, 2.24) is 4.90 Å². The number of amides is 2. The van der Waals surface area contributed by atoms with Crippen LogP contribution in [0.1, 0.15) is 32.6 Å². The summed E-state index contributed by atoms with van der Waals surface area (Å²) in [4.78, 5) is 24.8. The second kappa shape index (κ2) is 6.36. The van der Waals surface area contributed by atoms with E-state index in [0.717, 1.165) is 19.1 Å². The van der Waals surface area contributed by atoms with Gasteiger partial charge in [0.15, 0.2) is 0 Å². The third-order valence-electron chi connectivity index (χ3n) is 3.40. The zero-order valence-corrected chi connectivity index (χ0v) is 12.3. The average Bonchev–Trinajstić information content (AvgIpc) is 2.58. The van der Waals surface area contributed by atoms with Crippen molar-refractivity contribution in [2.75, 3.05) is 18.6 Å². The maximum absolute atomic E-state index is 11.9. The van der Waals surface area contributed by atoms with Crippen molar-refractivity contribution in [2.24, 2.45) is 11.7 Å². The molecular weight excluding hydrogens is 268 g/mol. The summed E-state index contributed by atoms with van der Waals surface area (Å²) in [6, 6.07) is -0.802. The Balaban J connectivity index is 2.72. The lowest BCUT2D eigenvalue weighted by Gasteiger charge is -2.25. The summed E-state index contributed by atoms with van der Waals surface area (Å²) >= 11 is 0. The second-order valence-corrected chi connectivity index (χ2v) is 7.50. The molecule has 0 radical (unpaired) electrons. The van der Waals surface area contributed by atoms with Gasteiger partial charge in [-0.25, -0.2) is 8.42 Å². The second-order valence-electron chi connectivity index (χ2n) is 5.24. The molecule has 7 heteroatoms. The Hall–Kier alpha value is -1.11. The van der Waals surface area contributed by atoms with Gasteiger partial charge in [-0.05, 0) is 18.8 Å². The summed E-state index contributed by atoms with van der Waals surface area (Å²) in [6.45, 7) is 2.55. The number of hydrogen-bond acceptors (Lipinski definition) is 4. The van der Waals surface area contributed by atoms with E-state index in [1.165, 1.54) is 4.90 Å². The Morgan fingerprint density at radius 3 is 2.63 bits per heavy atom. The molecule has 19 heavy (non-hydrogen) atoms. The number of primary amides is 1. The number of rotatable bonds is 7. The molecule has 0 aromatic rings. The molecule has 2 atom stereocenters. The third kappa shape index (κ3) is 4.81. The predicted octanol–water partition coefficient (Wildman–Crippen LogP) is -0.0764. The van der Waals surface area contributed by atoms with E-state index in [4.69, 9.17) is 5.73 Å². The number of nitrogens with zero attached hydrogens (tertiary/aromatic N) is 1. The smallest absolute Gasteiger partial charge is 0.240 e. The minimum absolute atomic E-state index is 0.0821. The van der Waals surface area contributed by atoms with Gasteiger partial charge < -0.3 is 10.6 Å². The molecule has 110 valence electrons. The van der Waals surface area contributed by atoms with Gasteiger partial charge >= 0.3 is 0 Å². The lowest BCUT2D eigenvalue weighted by atomic mass is 10.0. The summed E-state index contributed by atoms with van der Waals surface area (Å²) in [5, 5.41) is 0. The molecule has 1 saturated heterocycles. The molecular formula is C12H22N2O4S. The third-order valence-corrected chi connectivity index (χ3v) is 4.38. The van der Waals surface area contributed by atoms with Gasteiger partial charge in [0.05, 0.1) is 5.75 Å². The van der Waals surface area contributed by atoms with Crippen molar-refractivity contribution < 1.29 is 18.0 Å². The Labute approximate surface area is 114 Å². The number of nitrogens with two attached hydrogens (primary N) is 1. The van der Waals surface area contributed by atoms with Gasteiger partial charge in [0.25, 0.3) is 0 Å².